The minimum absolute atomic E-state index is 0.0369. The molecule has 27 heavy (non-hydrogen) atoms. The van der Waals surface area contributed by atoms with E-state index >= 15 is 0 Å². The van der Waals surface area contributed by atoms with Gasteiger partial charge in [-0.05, 0) is 68.4 Å². The Labute approximate surface area is 161 Å². The molecule has 1 aliphatic rings. The van der Waals surface area contributed by atoms with E-state index in [2.05, 4.69) is 17.2 Å². The maximum absolute atomic E-state index is 12.0. The van der Waals surface area contributed by atoms with Gasteiger partial charge in [0.15, 0.2) is 0 Å². The Bertz CT molecular complexity index is 753. The molecule has 5 heteroatoms. The Morgan fingerprint density at radius 1 is 1.15 bits per heavy atom. The SMILES string of the molecule is Cc1ccc(OCCC(=O)NCc2ccc(OC3CCCC3)nc2)cc1C. The van der Waals surface area contributed by atoms with Crippen molar-refractivity contribution in [2.75, 3.05) is 6.61 Å². The average molecular weight is 368 g/mol. The maximum atomic E-state index is 12.0. The third-order valence-electron chi connectivity index (χ3n) is 4.95. The Hall–Kier alpha value is -2.56. The summed E-state index contributed by atoms with van der Waals surface area (Å²) in [6.07, 6.45) is 7.09. The van der Waals surface area contributed by atoms with Crippen LogP contribution in [0.2, 0.25) is 0 Å². The number of carbonyl (C=O) groups excluding carboxylic acids is 1. The fourth-order valence-electron chi connectivity index (χ4n) is 3.12. The molecule has 0 bridgehead atoms. The number of hydrogen-bond acceptors (Lipinski definition) is 4. The van der Waals surface area contributed by atoms with Crippen molar-refractivity contribution < 1.29 is 14.3 Å². The number of aromatic nitrogens is 1. The van der Waals surface area contributed by atoms with Crippen LogP contribution >= 0.6 is 0 Å². The summed E-state index contributed by atoms with van der Waals surface area (Å²) in [6, 6.07) is 9.78. The number of benzene rings is 1. The molecule has 0 atom stereocenters. The van der Waals surface area contributed by atoms with Crippen LogP contribution in [0.4, 0.5) is 0 Å². The lowest BCUT2D eigenvalue weighted by atomic mass is 10.1. The molecular formula is C22H28N2O3. The van der Waals surface area contributed by atoms with Crippen molar-refractivity contribution in [3.63, 3.8) is 0 Å². The summed E-state index contributed by atoms with van der Waals surface area (Å²) < 4.78 is 11.5. The molecule has 1 N–H and O–H groups in total. The van der Waals surface area contributed by atoms with Crippen molar-refractivity contribution in [1.82, 2.24) is 10.3 Å². The van der Waals surface area contributed by atoms with Gasteiger partial charge < -0.3 is 14.8 Å². The number of rotatable bonds is 8. The van der Waals surface area contributed by atoms with Crippen molar-refractivity contribution in [3.8, 4) is 11.6 Å². The Morgan fingerprint density at radius 2 is 1.96 bits per heavy atom. The van der Waals surface area contributed by atoms with Crippen LogP contribution in [0.25, 0.3) is 0 Å². The van der Waals surface area contributed by atoms with Crippen molar-refractivity contribution in [3.05, 3.63) is 53.2 Å². The zero-order valence-electron chi connectivity index (χ0n) is 16.2. The number of nitrogens with one attached hydrogen (secondary N) is 1. The first kappa shape index (κ1) is 19.2. The quantitative estimate of drug-likeness (QED) is 0.762. The van der Waals surface area contributed by atoms with Crippen LogP contribution in [0.15, 0.2) is 36.5 Å². The van der Waals surface area contributed by atoms with Gasteiger partial charge in [-0.1, -0.05) is 12.1 Å². The van der Waals surface area contributed by atoms with Gasteiger partial charge in [0.05, 0.1) is 13.0 Å². The van der Waals surface area contributed by atoms with Crippen molar-refractivity contribution in [2.45, 2.75) is 58.6 Å². The first-order chi connectivity index (χ1) is 13.1. The van der Waals surface area contributed by atoms with Crippen LogP contribution < -0.4 is 14.8 Å². The van der Waals surface area contributed by atoms with E-state index in [1.807, 2.05) is 37.3 Å². The second-order valence-electron chi connectivity index (χ2n) is 7.15. The monoisotopic (exact) mass is 368 g/mol. The van der Waals surface area contributed by atoms with Gasteiger partial charge >= 0.3 is 0 Å². The molecule has 1 aliphatic carbocycles. The smallest absolute Gasteiger partial charge is 0.223 e. The summed E-state index contributed by atoms with van der Waals surface area (Å²) in [5.41, 5.74) is 3.37. The standard InChI is InChI=1S/C22H28N2O3/c1-16-7-9-20(13-17(16)2)26-12-11-21(25)23-14-18-8-10-22(24-15-18)27-19-5-3-4-6-19/h7-10,13,15,19H,3-6,11-12,14H2,1-2H3,(H,23,25). The number of hydrogen-bond donors (Lipinski definition) is 1. The Morgan fingerprint density at radius 3 is 2.67 bits per heavy atom. The number of carbonyl (C=O) groups is 1. The van der Waals surface area contributed by atoms with Crippen molar-refractivity contribution in [2.24, 2.45) is 0 Å². The number of pyridine rings is 1. The molecule has 0 unspecified atom stereocenters. The lowest BCUT2D eigenvalue weighted by Crippen LogP contribution is -2.24. The highest BCUT2D eigenvalue weighted by Gasteiger charge is 2.16. The van der Waals surface area contributed by atoms with Crippen molar-refractivity contribution >= 4 is 5.91 Å². The van der Waals surface area contributed by atoms with Gasteiger partial charge in [0.2, 0.25) is 11.8 Å². The molecule has 1 heterocycles. The first-order valence-corrected chi connectivity index (χ1v) is 9.68. The normalized spacial score (nSPS) is 14.1. The van der Waals surface area contributed by atoms with Gasteiger partial charge in [-0.2, -0.15) is 0 Å². The highest BCUT2D eigenvalue weighted by molar-refractivity contribution is 5.75. The van der Waals surface area contributed by atoms with Gasteiger partial charge in [0.1, 0.15) is 11.9 Å². The predicted octanol–water partition coefficient (Wildman–Crippen LogP) is 4.11. The van der Waals surface area contributed by atoms with Gasteiger partial charge in [-0.15, -0.1) is 0 Å². The van der Waals surface area contributed by atoms with E-state index in [9.17, 15) is 4.79 Å². The van der Waals surface area contributed by atoms with Crippen LogP contribution in [-0.4, -0.2) is 23.6 Å². The van der Waals surface area contributed by atoms with E-state index < -0.39 is 0 Å². The van der Waals surface area contributed by atoms with Gasteiger partial charge in [-0.25, -0.2) is 4.98 Å². The molecule has 0 radical (unpaired) electrons. The lowest BCUT2D eigenvalue weighted by Gasteiger charge is -2.12. The first-order valence-electron chi connectivity index (χ1n) is 9.68. The molecule has 144 valence electrons. The van der Waals surface area contributed by atoms with E-state index in [0.717, 1.165) is 24.2 Å². The average Bonchev–Trinajstić information content (AvgIpc) is 3.17. The summed E-state index contributed by atoms with van der Waals surface area (Å²) in [5, 5.41) is 2.90. The topological polar surface area (TPSA) is 60.5 Å². The van der Waals surface area contributed by atoms with Gasteiger partial charge in [0, 0.05) is 18.8 Å². The summed E-state index contributed by atoms with van der Waals surface area (Å²) >= 11 is 0. The van der Waals surface area contributed by atoms with Crippen LogP contribution in [0.5, 0.6) is 11.6 Å². The molecule has 0 spiro atoms. The minimum atomic E-state index is -0.0369. The number of nitrogens with zero attached hydrogens (tertiary/aromatic N) is 1. The molecule has 1 aromatic heterocycles. The summed E-state index contributed by atoms with van der Waals surface area (Å²) in [7, 11) is 0. The fraction of sp³-hybridized carbons (Fsp3) is 0.455. The largest absolute Gasteiger partial charge is 0.493 e. The van der Waals surface area contributed by atoms with Crippen LogP contribution in [0.3, 0.4) is 0 Å². The van der Waals surface area contributed by atoms with Crippen LogP contribution in [0, 0.1) is 13.8 Å². The lowest BCUT2D eigenvalue weighted by molar-refractivity contribution is -0.121. The maximum Gasteiger partial charge on any atom is 0.223 e. The molecule has 1 fully saturated rings. The third kappa shape index (κ3) is 5.98. The van der Waals surface area contributed by atoms with Crippen molar-refractivity contribution in [1.29, 1.82) is 0 Å². The van der Waals surface area contributed by atoms with E-state index in [4.69, 9.17) is 9.47 Å². The molecule has 0 aliphatic heterocycles. The van der Waals surface area contributed by atoms with E-state index in [1.165, 1.54) is 24.0 Å². The molecule has 1 aromatic carbocycles. The Balaban J connectivity index is 1.36. The highest BCUT2D eigenvalue weighted by Crippen LogP contribution is 2.22. The Kier molecular flexibility index (Phi) is 6.69. The molecule has 1 amide bonds. The highest BCUT2D eigenvalue weighted by atomic mass is 16.5. The predicted molar refractivity (Wildman–Crippen MR) is 105 cm³/mol. The molecule has 5 nitrogen and oxygen atoms in total. The molecule has 2 aromatic rings. The summed E-state index contributed by atoms with van der Waals surface area (Å²) in [6.45, 7) is 4.93. The molecule has 3 rings (SSSR count). The minimum Gasteiger partial charge on any atom is -0.493 e. The number of aryl methyl sites for hydroxylation is 2. The van der Waals surface area contributed by atoms with Gasteiger partial charge in [0.25, 0.3) is 0 Å². The summed E-state index contributed by atoms with van der Waals surface area (Å²) in [4.78, 5) is 16.3. The third-order valence-corrected chi connectivity index (χ3v) is 4.95. The zero-order valence-corrected chi connectivity index (χ0v) is 16.2. The van der Waals surface area contributed by atoms with E-state index in [-0.39, 0.29) is 5.91 Å². The summed E-state index contributed by atoms with van der Waals surface area (Å²) in [5.74, 6) is 1.43. The van der Waals surface area contributed by atoms with E-state index in [0.29, 0.717) is 31.6 Å². The molecular weight excluding hydrogens is 340 g/mol. The van der Waals surface area contributed by atoms with Crippen LogP contribution in [0.1, 0.15) is 48.8 Å². The number of amides is 1. The second-order valence-corrected chi connectivity index (χ2v) is 7.15. The molecule has 0 saturated heterocycles. The van der Waals surface area contributed by atoms with E-state index in [1.54, 1.807) is 6.20 Å². The van der Waals surface area contributed by atoms with Gasteiger partial charge in [-0.3, -0.25) is 4.79 Å². The van der Waals surface area contributed by atoms with Crippen LogP contribution in [-0.2, 0) is 11.3 Å². The zero-order chi connectivity index (χ0) is 19.1. The number of ether oxygens (including phenoxy) is 2. The fourth-order valence-corrected chi connectivity index (χ4v) is 3.12. The molecule has 1 saturated carbocycles. The second kappa shape index (κ2) is 9.40.